The maximum absolute atomic E-state index is 12.3. The van der Waals surface area contributed by atoms with Crippen molar-refractivity contribution in [1.82, 2.24) is 10.2 Å². The maximum Gasteiger partial charge on any atom is 0.264 e. The van der Waals surface area contributed by atoms with Crippen LogP contribution in [0.15, 0.2) is 41.2 Å². The SMILES string of the molecule is COc1ccc(N2CC(C(=O)Nc3ccc(=O)[nH]n3)CC2=O)cc1. The first-order valence-corrected chi connectivity index (χ1v) is 7.38. The Morgan fingerprint density at radius 3 is 2.62 bits per heavy atom. The smallest absolute Gasteiger partial charge is 0.264 e. The molecule has 1 aliphatic heterocycles. The Balaban J connectivity index is 1.68. The number of rotatable bonds is 4. The van der Waals surface area contributed by atoms with Gasteiger partial charge in [-0.1, -0.05) is 0 Å². The van der Waals surface area contributed by atoms with Crippen molar-refractivity contribution in [3.63, 3.8) is 0 Å². The minimum Gasteiger partial charge on any atom is -0.497 e. The molecular weight excluding hydrogens is 312 g/mol. The van der Waals surface area contributed by atoms with Crippen molar-refractivity contribution in [2.24, 2.45) is 5.92 Å². The van der Waals surface area contributed by atoms with E-state index in [2.05, 4.69) is 15.5 Å². The number of methoxy groups -OCH3 is 1. The number of amides is 2. The average molecular weight is 328 g/mol. The Kier molecular flexibility index (Phi) is 4.28. The molecule has 1 unspecified atom stereocenters. The monoisotopic (exact) mass is 328 g/mol. The van der Waals surface area contributed by atoms with E-state index in [1.165, 1.54) is 12.1 Å². The van der Waals surface area contributed by atoms with Gasteiger partial charge in [0.1, 0.15) is 5.75 Å². The number of aromatic nitrogens is 2. The summed E-state index contributed by atoms with van der Waals surface area (Å²) in [6.07, 6.45) is 0.126. The molecule has 3 rings (SSSR count). The molecule has 2 amide bonds. The van der Waals surface area contributed by atoms with Gasteiger partial charge in [-0.15, -0.1) is 0 Å². The van der Waals surface area contributed by atoms with Gasteiger partial charge in [0.15, 0.2) is 5.82 Å². The molecule has 1 fully saturated rings. The van der Waals surface area contributed by atoms with Gasteiger partial charge in [-0.25, -0.2) is 5.10 Å². The van der Waals surface area contributed by atoms with E-state index in [0.717, 1.165) is 5.69 Å². The summed E-state index contributed by atoms with van der Waals surface area (Å²) >= 11 is 0. The standard InChI is InChI=1S/C16H16N4O4/c1-24-12-4-2-11(3-5-12)20-9-10(8-15(20)22)16(23)17-13-6-7-14(21)19-18-13/h2-7,10H,8-9H2,1H3,(H,19,21)(H,17,18,23). The fourth-order valence-electron chi connectivity index (χ4n) is 2.54. The van der Waals surface area contributed by atoms with Crippen molar-refractivity contribution in [3.8, 4) is 5.75 Å². The van der Waals surface area contributed by atoms with Crippen LogP contribution in [-0.2, 0) is 9.59 Å². The van der Waals surface area contributed by atoms with E-state index in [4.69, 9.17) is 4.74 Å². The topological polar surface area (TPSA) is 104 Å². The van der Waals surface area contributed by atoms with Crippen LogP contribution in [0.25, 0.3) is 0 Å². The first-order valence-electron chi connectivity index (χ1n) is 7.38. The lowest BCUT2D eigenvalue weighted by Gasteiger charge is -2.17. The first-order chi connectivity index (χ1) is 11.6. The third-order valence-corrected chi connectivity index (χ3v) is 3.81. The number of benzene rings is 1. The highest BCUT2D eigenvalue weighted by Gasteiger charge is 2.35. The third-order valence-electron chi connectivity index (χ3n) is 3.81. The van der Waals surface area contributed by atoms with Crippen LogP contribution in [0.3, 0.4) is 0 Å². The molecule has 0 aliphatic carbocycles. The minimum atomic E-state index is -0.478. The molecule has 1 aromatic carbocycles. The Morgan fingerprint density at radius 1 is 1.25 bits per heavy atom. The third kappa shape index (κ3) is 3.27. The zero-order valence-corrected chi connectivity index (χ0v) is 13.0. The van der Waals surface area contributed by atoms with Crippen molar-refractivity contribution in [2.45, 2.75) is 6.42 Å². The molecule has 8 nitrogen and oxygen atoms in total. The maximum atomic E-state index is 12.3. The van der Waals surface area contributed by atoms with Gasteiger partial charge in [0.2, 0.25) is 11.8 Å². The van der Waals surface area contributed by atoms with Crippen LogP contribution in [-0.4, -0.2) is 35.7 Å². The fourth-order valence-corrected chi connectivity index (χ4v) is 2.54. The quantitative estimate of drug-likeness (QED) is 0.862. The second-order valence-electron chi connectivity index (χ2n) is 5.40. The lowest BCUT2D eigenvalue weighted by molar-refractivity contribution is -0.122. The summed E-state index contributed by atoms with van der Waals surface area (Å²) < 4.78 is 5.09. The van der Waals surface area contributed by atoms with E-state index < -0.39 is 5.92 Å². The van der Waals surface area contributed by atoms with Gasteiger partial charge in [0.05, 0.1) is 13.0 Å². The van der Waals surface area contributed by atoms with Gasteiger partial charge < -0.3 is 15.0 Å². The average Bonchev–Trinajstić information content (AvgIpc) is 2.99. The molecule has 1 atom stereocenters. The molecule has 1 aromatic heterocycles. The van der Waals surface area contributed by atoms with Crippen molar-refractivity contribution < 1.29 is 14.3 Å². The molecule has 0 bridgehead atoms. The second kappa shape index (κ2) is 6.53. The molecule has 1 aliphatic rings. The van der Waals surface area contributed by atoms with Crippen LogP contribution < -0.4 is 20.5 Å². The zero-order chi connectivity index (χ0) is 17.1. The number of aromatic amines is 1. The van der Waals surface area contributed by atoms with E-state index in [0.29, 0.717) is 12.3 Å². The number of nitrogens with one attached hydrogen (secondary N) is 2. The normalized spacial score (nSPS) is 17.0. The van der Waals surface area contributed by atoms with Gasteiger partial charge >= 0.3 is 0 Å². The molecular formula is C16H16N4O4. The van der Waals surface area contributed by atoms with Gasteiger partial charge in [0.25, 0.3) is 5.56 Å². The number of carbonyl (C=O) groups is 2. The van der Waals surface area contributed by atoms with Gasteiger partial charge in [-0.3, -0.25) is 14.4 Å². The van der Waals surface area contributed by atoms with Crippen molar-refractivity contribution in [3.05, 3.63) is 46.8 Å². The zero-order valence-electron chi connectivity index (χ0n) is 13.0. The molecule has 24 heavy (non-hydrogen) atoms. The highest BCUT2D eigenvalue weighted by atomic mass is 16.5. The van der Waals surface area contributed by atoms with Gasteiger partial charge in [-0.2, -0.15) is 5.10 Å². The largest absolute Gasteiger partial charge is 0.497 e. The van der Waals surface area contributed by atoms with Gasteiger partial charge in [0, 0.05) is 24.7 Å². The lowest BCUT2D eigenvalue weighted by atomic mass is 10.1. The number of ether oxygens (including phenoxy) is 1. The van der Waals surface area contributed by atoms with E-state index >= 15 is 0 Å². The molecule has 1 saturated heterocycles. The molecule has 0 spiro atoms. The molecule has 0 radical (unpaired) electrons. The highest BCUT2D eigenvalue weighted by molar-refractivity contribution is 6.03. The second-order valence-corrected chi connectivity index (χ2v) is 5.40. The molecule has 8 heteroatoms. The van der Waals surface area contributed by atoms with E-state index in [1.54, 1.807) is 36.3 Å². The van der Waals surface area contributed by atoms with Crippen LogP contribution in [0.2, 0.25) is 0 Å². The van der Waals surface area contributed by atoms with E-state index in [9.17, 15) is 14.4 Å². The number of anilines is 2. The number of nitrogens with zero attached hydrogens (tertiary/aromatic N) is 2. The number of carbonyl (C=O) groups excluding carboxylic acids is 2. The summed E-state index contributed by atoms with van der Waals surface area (Å²) in [5, 5.41) is 8.57. The Hall–Kier alpha value is -3.16. The first kappa shape index (κ1) is 15.7. The van der Waals surface area contributed by atoms with Crippen LogP contribution in [0.4, 0.5) is 11.5 Å². The Labute approximate surface area is 137 Å². The summed E-state index contributed by atoms with van der Waals surface area (Å²) in [5.74, 6) is 0.0424. The molecule has 0 saturated carbocycles. The van der Waals surface area contributed by atoms with Crippen molar-refractivity contribution in [2.75, 3.05) is 23.9 Å². The summed E-state index contributed by atoms with van der Waals surface area (Å²) in [4.78, 5) is 37.0. The van der Waals surface area contributed by atoms with E-state index in [-0.39, 0.29) is 29.6 Å². The van der Waals surface area contributed by atoms with Crippen molar-refractivity contribution in [1.29, 1.82) is 0 Å². The summed E-state index contributed by atoms with van der Waals surface area (Å²) in [7, 11) is 1.57. The van der Waals surface area contributed by atoms with E-state index in [1.807, 2.05) is 0 Å². The lowest BCUT2D eigenvalue weighted by Crippen LogP contribution is -2.28. The number of H-pyrrole nitrogens is 1. The Bertz CT molecular complexity index is 795. The number of hydrogen-bond donors (Lipinski definition) is 2. The number of hydrogen-bond acceptors (Lipinski definition) is 5. The van der Waals surface area contributed by atoms with Crippen LogP contribution in [0, 0.1) is 5.92 Å². The predicted octanol–water partition coefficient (Wildman–Crippen LogP) is 0.770. The van der Waals surface area contributed by atoms with Crippen LogP contribution >= 0.6 is 0 Å². The molecule has 2 N–H and O–H groups in total. The summed E-state index contributed by atoms with van der Waals surface area (Å²) in [6, 6.07) is 9.77. The molecule has 124 valence electrons. The molecule has 2 aromatic rings. The molecule has 2 heterocycles. The van der Waals surface area contributed by atoms with Crippen LogP contribution in [0.1, 0.15) is 6.42 Å². The predicted molar refractivity (Wildman–Crippen MR) is 86.9 cm³/mol. The minimum absolute atomic E-state index is 0.116. The highest BCUT2D eigenvalue weighted by Crippen LogP contribution is 2.27. The summed E-state index contributed by atoms with van der Waals surface area (Å²) in [5.41, 5.74) is 0.369. The summed E-state index contributed by atoms with van der Waals surface area (Å²) in [6.45, 7) is 0.292. The van der Waals surface area contributed by atoms with Crippen molar-refractivity contribution >= 4 is 23.3 Å². The Morgan fingerprint density at radius 2 is 2.00 bits per heavy atom. The van der Waals surface area contributed by atoms with Gasteiger partial charge in [-0.05, 0) is 30.3 Å². The fraction of sp³-hybridized carbons (Fsp3) is 0.250. The van der Waals surface area contributed by atoms with Crippen LogP contribution in [0.5, 0.6) is 5.75 Å².